The van der Waals surface area contributed by atoms with Crippen LogP contribution in [-0.2, 0) is 24.4 Å². The van der Waals surface area contributed by atoms with Crippen molar-refractivity contribution in [3.8, 4) is 0 Å². The molecule has 4 aliphatic rings. The van der Waals surface area contributed by atoms with Crippen molar-refractivity contribution in [2.75, 3.05) is 13.1 Å². The van der Waals surface area contributed by atoms with Crippen LogP contribution in [0.3, 0.4) is 0 Å². The van der Waals surface area contributed by atoms with Crippen LogP contribution in [-0.4, -0.2) is 55.6 Å². The van der Waals surface area contributed by atoms with Gasteiger partial charge in [-0.25, -0.2) is 14.1 Å². The zero-order valence-corrected chi connectivity index (χ0v) is 18.8. The Morgan fingerprint density at radius 3 is 2.75 bits per heavy atom. The number of piperidine rings is 1. The molecule has 0 radical (unpaired) electrons. The van der Waals surface area contributed by atoms with Gasteiger partial charge in [0, 0.05) is 31.7 Å². The molecule has 0 bridgehead atoms. The highest BCUT2D eigenvalue weighted by Gasteiger charge is 2.60. The molecule has 1 amide bonds. The Kier molecular flexibility index (Phi) is 4.86. The Bertz CT molecular complexity index is 1000. The van der Waals surface area contributed by atoms with Gasteiger partial charge in [-0.2, -0.15) is 5.10 Å². The molecule has 1 saturated carbocycles. The van der Waals surface area contributed by atoms with Gasteiger partial charge in [-0.15, -0.1) is 0 Å². The Labute approximate surface area is 188 Å². The van der Waals surface area contributed by atoms with Gasteiger partial charge in [-0.05, 0) is 61.1 Å². The zero-order chi connectivity index (χ0) is 21.9. The molecule has 1 aromatic heterocycles. The highest BCUT2D eigenvalue weighted by atomic mass is 19.1. The first-order valence-corrected chi connectivity index (χ1v) is 12.1. The first kappa shape index (κ1) is 20.3. The van der Waals surface area contributed by atoms with E-state index in [2.05, 4.69) is 32.9 Å². The molecule has 4 heterocycles. The number of nitrogens with zero attached hydrogens (tertiary/aromatic N) is 5. The Morgan fingerprint density at radius 1 is 1.16 bits per heavy atom. The highest BCUT2D eigenvalue weighted by molar-refractivity contribution is 5.87. The molecule has 3 unspecified atom stereocenters. The average Bonchev–Trinajstić information content (AvgIpc) is 3.56. The maximum Gasteiger partial charge on any atom is 0.229 e. The van der Waals surface area contributed by atoms with Gasteiger partial charge in [-0.3, -0.25) is 4.79 Å². The van der Waals surface area contributed by atoms with E-state index in [1.54, 1.807) is 6.33 Å². The van der Waals surface area contributed by atoms with Crippen molar-refractivity contribution >= 4 is 5.91 Å². The van der Waals surface area contributed by atoms with Crippen LogP contribution >= 0.6 is 0 Å². The lowest BCUT2D eigenvalue weighted by atomic mass is 9.73. The standard InChI is InChI=1S/C25H32FN5O/c1-17-23-11-19-3-2-18(13-26)10-20(19)14-30(23)24(32)25(17)7-4-22(12-25)29-8-5-21(6-9-29)31-16-27-15-28-31/h2-3,10,15-17,21-23H,4-9,11-14H2,1H3/t17?,22?,23?,25-/m0/s1. The third-order valence-corrected chi connectivity index (χ3v) is 9.08. The number of amides is 1. The van der Waals surface area contributed by atoms with Crippen molar-refractivity contribution in [3.05, 3.63) is 47.5 Å². The second kappa shape index (κ2) is 7.65. The number of hydrogen-bond acceptors (Lipinski definition) is 4. The van der Waals surface area contributed by atoms with Crippen molar-refractivity contribution in [1.29, 1.82) is 0 Å². The van der Waals surface area contributed by atoms with Crippen molar-refractivity contribution in [2.24, 2.45) is 11.3 Å². The van der Waals surface area contributed by atoms with E-state index in [4.69, 9.17) is 0 Å². The number of hydrogen-bond donors (Lipinski definition) is 0. The number of likely N-dealkylation sites (tertiary alicyclic amines) is 1. The molecule has 170 valence electrons. The van der Waals surface area contributed by atoms with E-state index in [-0.39, 0.29) is 11.5 Å². The van der Waals surface area contributed by atoms with E-state index < -0.39 is 6.67 Å². The fourth-order valence-electron chi connectivity index (χ4n) is 7.15. The Hall–Kier alpha value is -2.28. The summed E-state index contributed by atoms with van der Waals surface area (Å²) < 4.78 is 15.2. The minimum absolute atomic E-state index is 0.219. The van der Waals surface area contributed by atoms with Crippen LogP contribution in [0.2, 0.25) is 0 Å². The van der Waals surface area contributed by atoms with Crippen LogP contribution in [0.4, 0.5) is 4.39 Å². The summed E-state index contributed by atoms with van der Waals surface area (Å²) in [6.07, 6.45) is 9.64. The maximum absolute atomic E-state index is 13.8. The molecule has 4 atom stereocenters. The second-order valence-electron chi connectivity index (χ2n) is 10.4. The minimum atomic E-state index is -0.444. The smallest absolute Gasteiger partial charge is 0.229 e. The van der Waals surface area contributed by atoms with Crippen LogP contribution in [0, 0.1) is 11.3 Å². The number of rotatable bonds is 3. The molecular formula is C25H32FN5O. The predicted octanol–water partition coefficient (Wildman–Crippen LogP) is 3.53. The molecule has 1 aromatic carbocycles. The summed E-state index contributed by atoms with van der Waals surface area (Å²) in [6.45, 7) is 4.65. The van der Waals surface area contributed by atoms with Gasteiger partial charge in [0.05, 0.1) is 11.5 Å². The topological polar surface area (TPSA) is 54.3 Å². The third kappa shape index (κ3) is 3.04. The third-order valence-electron chi connectivity index (χ3n) is 9.08. The number of carbonyl (C=O) groups excluding carboxylic acids is 1. The van der Waals surface area contributed by atoms with E-state index in [1.807, 2.05) is 23.1 Å². The van der Waals surface area contributed by atoms with E-state index in [0.717, 1.165) is 57.2 Å². The summed E-state index contributed by atoms with van der Waals surface area (Å²) in [5, 5.41) is 4.33. The molecular weight excluding hydrogens is 405 g/mol. The fraction of sp³-hybridized carbons (Fsp3) is 0.640. The normalized spacial score (nSPS) is 33.1. The van der Waals surface area contributed by atoms with Crippen LogP contribution in [0.1, 0.15) is 61.8 Å². The molecule has 3 aliphatic heterocycles. The average molecular weight is 438 g/mol. The number of halogens is 1. The number of benzene rings is 1. The monoisotopic (exact) mass is 437 g/mol. The Morgan fingerprint density at radius 2 is 2.00 bits per heavy atom. The number of carbonyl (C=O) groups is 1. The fourth-order valence-corrected chi connectivity index (χ4v) is 7.15. The summed E-state index contributed by atoms with van der Waals surface area (Å²) in [4.78, 5) is 22.6. The lowest BCUT2D eigenvalue weighted by Crippen LogP contribution is -2.42. The molecule has 6 rings (SSSR count). The van der Waals surface area contributed by atoms with Gasteiger partial charge in [0.1, 0.15) is 19.3 Å². The molecule has 7 heteroatoms. The molecule has 0 N–H and O–H groups in total. The van der Waals surface area contributed by atoms with Gasteiger partial charge in [0.25, 0.3) is 0 Å². The van der Waals surface area contributed by atoms with Crippen molar-refractivity contribution in [1.82, 2.24) is 24.6 Å². The van der Waals surface area contributed by atoms with E-state index >= 15 is 0 Å². The largest absolute Gasteiger partial charge is 0.334 e. The van der Waals surface area contributed by atoms with Crippen LogP contribution < -0.4 is 0 Å². The molecule has 3 fully saturated rings. The van der Waals surface area contributed by atoms with Crippen LogP contribution in [0.15, 0.2) is 30.9 Å². The van der Waals surface area contributed by atoms with Crippen LogP contribution in [0.5, 0.6) is 0 Å². The van der Waals surface area contributed by atoms with Crippen molar-refractivity contribution in [3.63, 3.8) is 0 Å². The lowest BCUT2D eigenvalue weighted by molar-refractivity contribution is -0.138. The van der Waals surface area contributed by atoms with E-state index in [9.17, 15) is 9.18 Å². The van der Waals surface area contributed by atoms with Gasteiger partial charge in [0.15, 0.2) is 0 Å². The van der Waals surface area contributed by atoms with Crippen LogP contribution in [0.25, 0.3) is 0 Å². The van der Waals surface area contributed by atoms with E-state index in [1.165, 1.54) is 5.56 Å². The highest BCUT2D eigenvalue weighted by Crippen LogP contribution is 2.55. The molecule has 1 spiro atoms. The van der Waals surface area contributed by atoms with Gasteiger partial charge in [-0.1, -0.05) is 25.1 Å². The zero-order valence-electron chi connectivity index (χ0n) is 18.8. The Balaban J connectivity index is 1.16. The van der Waals surface area contributed by atoms with Crippen molar-refractivity contribution < 1.29 is 9.18 Å². The first-order valence-electron chi connectivity index (χ1n) is 12.1. The summed E-state index contributed by atoms with van der Waals surface area (Å²) >= 11 is 0. The van der Waals surface area contributed by atoms with E-state index in [0.29, 0.717) is 36.0 Å². The second-order valence-corrected chi connectivity index (χ2v) is 10.4. The number of alkyl halides is 1. The predicted molar refractivity (Wildman–Crippen MR) is 118 cm³/mol. The van der Waals surface area contributed by atoms with Gasteiger partial charge >= 0.3 is 0 Å². The van der Waals surface area contributed by atoms with Gasteiger partial charge < -0.3 is 9.80 Å². The van der Waals surface area contributed by atoms with Crippen molar-refractivity contribution in [2.45, 2.75) is 76.8 Å². The SMILES string of the molecule is CC1C2Cc3ccc(CF)cc3CN2C(=O)[C@]12CCC(N1CCC(n3cncn3)CC1)C2. The molecule has 2 saturated heterocycles. The number of aromatic nitrogens is 3. The molecule has 2 aromatic rings. The quantitative estimate of drug-likeness (QED) is 0.737. The molecule has 32 heavy (non-hydrogen) atoms. The summed E-state index contributed by atoms with van der Waals surface area (Å²) in [6, 6.07) is 7.17. The summed E-state index contributed by atoms with van der Waals surface area (Å²) in [5.74, 6) is 0.716. The summed E-state index contributed by atoms with van der Waals surface area (Å²) in [5.41, 5.74) is 2.93. The maximum atomic E-state index is 13.8. The molecule has 6 nitrogen and oxygen atoms in total. The first-order chi connectivity index (χ1) is 15.6. The lowest BCUT2D eigenvalue weighted by Gasteiger charge is -2.37. The summed E-state index contributed by atoms with van der Waals surface area (Å²) in [7, 11) is 0. The van der Waals surface area contributed by atoms with Gasteiger partial charge in [0.2, 0.25) is 5.91 Å². The molecule has 1 aliphatic carbocycles. The minimum Gasteiger partial charge on any atom is -0.334 e. The number of fused-ring (bicyclic) bond motifs is 2.